The molecule has 3 aromatic rings. The number of aromatic nitrogens is 2. The van der Waals surface area contributed by atoms with Gasteiger partial charge in [0.2, 0.25) is 5.88 Å². The van der Waals surface area contributed by atoms with E-state index in [4.69, 9.17) is 4.74 Å². The molecule has 2 aromatic carbocycles. The number of aryl methyl sites for hydroxylation is 1. The predicted octanol–water partition coefficient (Wildman–Crippen LogP) is 4.18. The highest BCUT2D eigenvalue weighted by Gasteiger charge is 2.10. The van der Waals surface area contributed by atoms with Crippen molar-refractivity contribution in [2.45, 2.75) is 32.7 Å². The van der Waals surface area contributed by atoms with Gasteiger partial charge in [-0.05, 0) is 29.2 Å². The van der Waals surface area contributed by atoms with Gasteiger partial charge in [0.25, 0.3) is 5.56 Å². The lowest BCUT2D eigenvalue weighted by Gasteiger charge is -2.13. The number of methoxy groups -OCH3 is 1. The molecule has 0 aliphatic rings. The van der Waals surface area contributed by atoms with E-state index in [0.29, 0.717) is 18.0 Å². The first-order valence-corrected chi connectivity index (χ1v) is 9.39. The summed E-state index contributed by atoms with van der Waals surface area (Å²) in [4.78, 5) is 17.0. The fourth-order valence-electron chi connectivity index (χ4n) is 3.13. The predicted molar refractivity (Wildman–Crippen MR) is 109 cm³/mol. The molecule has 3 rings (SSSR count). The van der Waals surface area contributed by atoms with E-state index in [1.165, 1.54) is 13.2 Å². The number of unbranched alkanes of at least 4 members (excludes halogenated alkanes) is 1. The van der Waals surface area contributed by atoms with E-state index in [0.717, 1.165) is 41.8 Å². The van der Waals surface area contributed by atoms with Gasteiger partial charge < -0.3 is 4.74 Å². The van der Waals surface area contributed by atoms with Crippen LogP contribution in [0.3, 0.4) is 0 Å². The Morgan fingerprint density at radius 1 is 1.14 bits per heavy atom. The number of hydrogen-bond acceptors (Lipinski definition) is 4. The average molecular weight is 373 g/mol. The first-order valence-electron chi connectivity index (χ1n) is 9.39. The van der Waals surface area contributed by atoms with Crippen LogP contribution in [0.2, 0.25) is 0 Å². The van der Waals surface area contributed by atoms with Gasteiger partial charge in [-0.3, -0.25) is 9.36 Å². The molecule has 0 amide bonds. The van der Waals surface area contributed by atoms with E-state index in [1.54, 1.807) is 4.57 Å². The standard InChI is InChI=1S/C23H23N3O2/c1-3-4-9-21-25-22(28-2)14-23(27)26(21)16-17-10-12-18(13-11-17)20-8-6-5-7-19(20)15-24/h5-8,10-14H,3-4,9,16H2,1-2H3. The summed E-state index contributed by atoms with van der Waals surface area (Å²) >= 11 is 0. The molecule has 0 unspecified atom stereocenters. The lowest BCUT2D eigenvalue weighted by Crippen LogP contribution is -2.25. The number of ether oxygens (including phenoxy) is 1. The molecule has 0 fully saturated rings. The lowest BCUT2D eigenvalue weighted by molar-refractivity contribution is 0.390. The van der Waals surface area contributed by atoms with Crippen LogP contribution < -0.4 is 10.3 Å². The van der Waals surface area contributed by atoms with Crippen molar-refractivity contribution >= 4 is 0 Å². The third-order valence-electron chi connectivity index (χ3n) is 4.68. The molecular weight excluding hydrogens is 350 g/mol. The van der Waals surface area contributed by atoms with Gasteiger partial charge in [-0.15, -0.1) is 0 Å². The lowest BCUT2D eigenvalue weighted by atomic mass is 9.99. The van der Waals surface area contributed by atoms with Crippen LogP contribution in [-0.2, 0) is 13.0 Å². The Kier molecular flexibility index (Phi) is 6.23. The Morgan fingerprint density at radius 3 is 2.57 bits per heavy atom. The van der Waals surface area contributed by atoms with Crippen LogP contribution in [0.4, 0.5) is 0 Å². The number of nitrogens with zero attached hydrogens (tertiary/aromatic N) is 3. The van der Waals surface area contributed by atoms with Crippen molar-refractivity contribution in [2.75, 3.05) is 7.11 Å². The largest absolute Gasteiger partial charge is 0.481 e. The molecule has 142 valence electrons. The summed E-state index contributed by atoms with van der Waals surface area (Å²) in [5.41, 5.74) is 3.42. The first kappa shape index (κ1) is 19.4. The zero-order valence-corrected chi connectivity index (χ0v) is 16.2. The molecule has 0 aliphatic carbocycles. The topological polar surface area (TPSA) is 67.9 Å². The van der Waals surface area contributed by atoms with Crippen LogP contribution in [0.25, 0.3) is 11.1 Å². The minimum Gasteiger partial charge on any atom is -0.481 e. The minimum absolute atomic E-state index is 0.114. The molecule has 1 heterocycles. The van der Waals surface area contributed by atoms with E-state index >= 15 is 0 Å². The van der Waals surface area contributed by atoms with Crippen LogP contribution in [0.1, 0.15) is 36.7 Å². The van der Waals surface area contributed by atoms with Crippen molar-refractivity contribution in [2.24, 2.45) is 0 Å². The van der Waals surface area contributed by atoms with Crippen molar-refractivity contribution < 1.29 is 4.74 Å². The van der Waals surface area contributed by atoms with Gasteiger partial charge in [-0.25, -0.2) is 0 Å². The SMILES string of the molecule is CCCCc1nc(OC)cc(=O)n1Cc1ccc(-c2ccccc2C#N)cc1. The van der Waals surface area contributed by atoms with Crippen molar-refractivity contribution in [1.82, 2.24) is 9.55 Å². The maximum Gasteiger partial charge on any atom is 0.257 e. The maximum atomic E-state index is 12.6. The van der Waals surface area contributed by atoms with Gasteiger partial charge in [0.05, 0.1) is 31.4 Å². The zero-order valence-electron chi connectivity index (χ0n) is 16.2. The molecule has 1 aromatic heterocycles. The second kappa shape index (κ2) is 9.01. The highest BCUT2D eigenvalue weighted by Crippen LogP contribution is 2.23. The molecular formula is C23H23N3O2. The van der Waals surface area contributed by atoms with Crippen molar-refractivity contribution in [3.8, 4) is 23.1 Å². The summed E-state index contributed by atoms with van der Waals surface area (Å²) in [6, 6.07) is 19.1. The minimum atomic E-state index is -0.114. The Hall–Kier alpha value is -3.39. The van der Waals surface area contributed by atoms with Gasteiger partial charge in [0.15, 0.2) is 0 Å². The molecule has 28 heavy (non-hydrogen) atoms. The van der Waals surface area contributed by atoms with E-state index in [1.807, 2.05) is 48.5 Å². The Labute approximate surface area is 164 Å². The normalized spacial score (nSPS) is 10.5. The van der Waals surface area contributed by atoms with Crippen LogP contribution in [0.15, 0.2) is 59.4 Å². The van der Waals surface area contributed by atoms with Crippen molar-refractivity contribution in [3.05, 3.63) is 81.9 Å². The molecule has 0 radical (unpaired) electrons. The summed E-state index contributed by atoms with van der Waals surface area (Å²) in [6.07, 6.45) is 2.72. The third-order valence-corrected chi connectivity index (χ3v) is 4.68. The van der Waals surface area contributed by atoms with Gasteiger partial charge in [0.1, 0.15) is 5.82 Å². The Morgan fingerprint density at radius 2 is 1.89 bits per heavy atom. The second-order valence-electron chi connectivity index (χ2n) is 6.60. The summed E-state index contributed by atoms with van der Waals surface area (Å²) in [6.45, 7) is 2.56. The van der Waals surface area contributed by atoms with Crippen molar-refractivity contribution in [1.29, 1.82) is 5.26 Å². The zero-order chi connectivity index (χ0) is 19.9. The summed E-state index contributed by atoms with van der Waals surface area (Å²) in [5.74, 6) is 1.10. The number of nitriles is 1. The number of rotatable bonds is 7. The van der Waals surface area contributed by atoms with E-state index in [2.05, 4.69) is 18.0 Å². The van der Waals surface area contributed by atoms with E-state index < -0.39 is 0 Å². The molecule has 0 bridgehead atoms. The smallest absolute Gasteiger partial charge is 0.257 e. The molecule has 0 saturated heterocycles. The molecule has 0 N–H and O–H groups in total. The van der Waals surface area contributed by atoms with Gasteiger partial charge in [0, 0.05) is 6.42 Å². The van der Waals surface area contributed by atoms with Gasteiger partial charge in [-0.1, -0.05) is 55.8 Å². The number of hydrogen-bond donors (Lipinski definition) is 0. The maximum absolute atomic E-state index is 12.6. The molecule has 0 saturated carbocycles. The molecule has 5 heteroatoms. The fraction of sp³-hybridized carbons (Fsp3) is 0.261. The Balaban J connectivity index is 1.90. The average Bonchev–Trinajstić information content (AvgIpc) is 2.74. The van der Waals surface area contributed by atoms with Crippen LogP contribution in [0.5, 0.6) is 5.88 Å². The molecule has 0 atom stereocenters. The Bertz CT molecular complexity index is 1050. The van der Waals surface area contributed by atoms with E-state index in [9.17, 15) is 10.1 Å². The van der Waals surface area contributed by atoms with Crippen molar-refractivity contribution in [3.63, 3.8) is 0 Å². The monoisotopic (exact) mass is 373 g/mol. The van der Waals surface area contributed by atoms with Crippen LogP contribution in [0, 0.1) is 11.3 Å². The van der Waals surface area contributed by atoms with Crippen LogP contribution in [-0.4, -0.2) is 16.7 Å². The third kappa shape index (κ3) is 4.29. The highest BCUT2D eigenvalue weighted by molar-refractivity contribution is 5.70. The summed E-state index contributed by atoms with van der Waals surface area (Å²) in [5, 5.41) is 9.30. The van der Waals surface area contributed by atoms with Crippen LogP contribution >= 0.6 is 0 Å². The van der Waals surface area contributed by atoms with E-state index in [-0.39, 0.29) is 5.56 Å². The molecule has 0 aliphatic heterocycles. The highest BCUT2D eigenvalue weighted by atomic mass is 16.5. The van der Waals surface area contributed by atoms with Gasteiger partial charge in [-0.2, -0.15) is 10.2 Å². The molecule has 0 spiro atoms. The fourth-order valence-corrected chi connectivity index (χ4v) is 3.13. The first-order chi connectivity index (χ1) is 13.7. The van der Waals surface area contributed by atoms with Gasteiger partial charge >= 0.3 is 0 Å². The quantitative estimate of drug-likeness (QED) is 0.623. The summed E-state index contributed by atoms with van der Waals surface area (Å²) < 4.78 is 6.86. The summed E-state index contributed by atoms with van der Waals surface area (Å²) in [7, 11) is 1.52. The second-order valence-corrected chi connectivity index (χ2v) is 6.60. The number of benzene rings is 2. The molecule has 5 nitrogen and oxygen atoms in total.